The second-order valence-corrected chi connectivity index (χ2v) is 19.4. The molecule has 322 valence electrons. The van der Waals surface area contributed by atoms with Crippen LogP contribution in [0.4, 0.5) is 17.1 Å². The minimum Gasteiger partial charge on any atom is -0.309 e. The van der Waals surface area contributed by atoms with E-state index in [1.807, 2.05) is 11.3 Å². The molecule has 0 amide bonds. The lowest BCUT2D eigenvalue weighted by atomic mass is 9.63. The van der Waals surface area contributed by atoms with Crippen molar-refractivity contribution >= 4 is 64.9 Å². The van der Waals surface area contributed by atoms with E-state index in [9.17, 15) is 0 Å². The lowest BCUT2D eigenvalue weighted by molar-refractivity contribution is 0.583. The van der Waals surface area contributed by atoms with E-state index in [0.29, 0.717) is 5.92 Å². The van der Waals surface area contributed by atoms with Gasteiger partial charge in [0.15, 0.2) is 0 Å². The average Bonchev–Trinajstić information content (AvgIpc) is 3.95. The Bertz CT molecular complexity index is 3720. The Kier molecular flexibility index (Phi) is 9.70. The number of para-hydroxylation sites is 1. The first-order valence-electron chi connectivity index (χ1n) is 23.8. The Morgan fingerprint density at radius 2 is 1.03 bits per heavy atom. The maximum atomic E-state index is 2.52. The van der Waals surface area contributed by atoms with Crippen LogP contribution in [0.2, 0.25) is 0 Å². The topological polar surface area (TPSA) is 3.24 Å². The fraction of sp³-hybridized carbons (Fsp3) is 0.0606. The Hall–Kier alpha value is -8.04. The standard InChI is InChI=1S/C66H47NS/c1-44-20-15-34-56-63-52(32-18-35-57(63)66(65(44)56,48-25-7-3-8-26-48)49-27-9-4-10-28-49)46-40-42-50(43-41-46)67(59-37-19-39-61-64(59)55-30-12-14-38-60(55)68-61)58-36-13-11-29-53(58)54-33-17-24-47-23-16-31-51(62(47)54)45-21-5-2-6-22-45/h2-19,21-44H,20H2,1H3. The SMILES string of the molecule is CC1CC=CC2=C1C(c1ccccc1)(c1ccccc1)c1cccc(-c3ccc(N(c4ccccc4-c4cccc5cccc(-c6ccccc6)c45)c4cccc5sc6ccccc6c45)cc3)c12. The number of nitrogens with zero attached hydrogens (tertiary/aromatic N) is 1. The molecule has 2 heteroatoms. The number of allylic oxidation sites excluding steroid dienone is 4. The zero-order valence-corrected chi connectivity index (χ0v) is 38.6. The molecule has 1 aromatic heterocycles. The van der Waals surface area contributed by atoms with Gasteiger partial charge in [0.05, 0.1) is 16.8 Å². The van der Waals surface area contributed by atoms with Crippen LogP contribution in [0.25, 0.3) is 69.9 Å². The van der Waals surface area contributed by atoms with Gasteiger partial charge in [-0.05, 0) is 121 Å². The summed E-state index contributed by atoms with van der Waals surface area (Å²) in [7, 11) is 0. The van der Waals surface area contributed by atoms with E-state index in [-0.39, 0.29) is 0 Å². The third-order valence-corrected chi connectivity index (χ3v) is 15.7. The van der Waals surface area contributed by atoms with Gasteiger partial charge in [-0.15, -0.1) is 11.3 Å². The molecule has 1 heterocycles. The Balaban J connectivity index is 1.03. The summed E-state index contributed by atoms with van der Waals surface area (Å²) in [5.74, 6) is 0.369. The van der Waals surface area contributed by atoms with Crippen molar-refractivity contribution in [3.05, 3.63) is 277 Å². The smallest absolute Gasteiger partial charge is 0.0679 e. The summed E-state index contributed by atoms with van der Waals surface area (Å²) in [6.07, 6.45) is 5.83. The Morgan fingerprint density at radius 3 is 1.79 bits per heavy atom. The second kappa shape index (κ2) is 16.4. The Labute approximate surface area is 402 Å². The van der Waals surface area contributed by atoms with Crippen molar-refractivity contribution in [3.8, 4) is 33.4 Å². The molecule has 13 rings (SSSR count). The lowest BCUT2D eigenvalue weighted by Crippen LogP contribution is -2.32. The predicted octanol–water partition coefficient (Wildman–Crippen LogP) is 18.4. The van der Waals surface area contributed by atoms with Crippen LogP contribution in [-0.4, -0.2) is 0 Å². The number of thiophene rings is 1. The highest BCUT2D eigenvalue weighted by atomic mass is 32.1. The molecule has 0 saturated heterocycles. The number of hydrogen-bond acceptors (Lipinski definition) is 2. The summed E-state index contributed by atoms with van der Waals surface area (Å²) < 4.78 is 2.57. The van der Waals surface area contributed by atoms with Crippen molar-refractivity contribution in [1.29, 1.82) is 0 Å². The van der Waals surface area contributed by atoms with Gasteiger partial charge in [-0.1, -0.05) is 219 Å². The number of hydrogen-bond donors (Lipinski definition) is 0. The van der Waals surface area contributed by atoms with Gasteiger partial charge in [-0.2, -0.15) is 0 Å². The molecule has 0 bridgehead atoms. The minimum absolute atomic E-state index is 0.369. The molecular formula is C66H47NS. The molecule has 1 nitrogen and oxygen atoms in total. The van der Waals surface area contributed by atoms with E-state index < -0.39 is 5.41 Å². The van der Waals surface area contributed by atoms with Crippen LogP contribution in [0.3, 0.4) is 0 Å². The average molecular weight is 886 g/mol. The van der Waals surface area contributed by atoms with E-state index in [1.54, 1.807) is 0 Å². The van der Waals surface area contributed by atoms with Crippen molar-refractivity contribution in [2.24, 2.45) is 5.92 Å². The maximum absolute atomic E-state index is 2.52. The lowest BCUT2D eigenvalue weighted by Gasteiger charge is -2.38. The molecule has 0 radical (unpaired) electrons. The largest absolute Gasteiger partial charge is 0.309 e. The van der Waals surface area contributed by atoms with Crippen LogP contribution in [0.15, 0.2) is 254 Å². The Morgan fingerprint density at radius 1 is 0.456 bits per heavy atom. The van der Waals surface area contributed by atoms with Gasteiger partial charge in [0, 0.05) is 31.4 Å². The molecule has 11 aromatic rings. The number of rotatable bonds is 8. The first-order chi connectivity index (χ1) is 33.7. The number of benzene rings is 10. The van der Waals surface area contributed by atoms with Gasteiger partial charge in [0.1, 0.15) is 0 Å². The zero-order chi connectivity index (χ0) is 45.2. The highest BCUT2D eigenvalue weighted by Crippen LogP contribution is 2.60. The number of anilines is 3. The molecule has 2 aliphatic rings. The van der Waals surface area contributed by atoms with E-state index >= 15 is 0 Å². The quantitative estimate of drug-likeness (QED) is 0.147. The molecule has 0 fully saturated rings. The summed E-state index contributed by atoms with van der Waals surface area (Å²) in [6, 6.07) is 87.8. The van der Waals surface area contributed by atoms with E-state index in [0.717, 1.165) is 23.5 Å². The molecule has 0 saturated carbocycles. The van der Waals surface area contributed by atoms with E-state index in [4.69, 9.17) is 0 Å². The molecule has 68 heavy (non-hydrogen) atoms. The minimum atomic E-state index is -0.405. The molecule has 0 spiro atoms. The second-order valence-electron chi connectivity index (χ2n) is 18.3. The first-order valence-corrected chi connectivity index (χ1v) is 24.6. The summed E-state index contributed by atoms with van der Waals surface area (Å²) in [5.41, 5.74) is 18.5. The van der Waals surface area contributed by atoms with Gasteiger partial charge in [-0.25, -0.2) is 0 Å². The van der Waals surface area contributed by atoms with Crippen molar-refractivity contribution in [2.75, 3.05) is 4.90 Å². The first kappa shape index (κ1) is 40.3. The fourth-order valence-corrected chi connectivity index (χ4v) is 12.9. The highest BCUT2D eigenvalue weighted by molar-refractivity contribution is 7.26. The monoisotopic (exact) mass is 885 g/mol. The molecule has 1 unspecified atom stereocenters. The highest BCUT2D eigenvalue weighted by Gasteiger charge is 2.50. The van der Waals surface area contributed by atoms with Crippen molar-refractivity contribution in [3.63, 3.8) is 0 Å². The van der Waals surface area contributed by atoms with E-state index in [2.05, 4.69) is 261 Å². The summed E-state index contributed by atoms with van der Waals surface area (Å²) in [5, 5.41) is 5.02. The zero-order valence-electron chi connectivity index (χ0n) is 37.8. The molecular weight excluding hydrogens is 839 g/mol. The third kappa shape index (κ3) is 6.21. The van der Waals surface area contributed by atoms with Gasteiger partial charge < -0.3 is 4.90 Å². The summed E-state index contributed by atoms with van der Waals surface area (Å²) in [6.45, 7) is 2.42. The van der Waals surface area contributed by atoms with Crippen LogP contribution in [0, 0.1) is 5.92 Å². The van der Waals surface area contributed by atoms with Crippen LogP contribution in [0.1, 0.15) is 35.6 Å². The van der Waals surface area contributed by atoms with Crippen LogP contribution in [-0.2, 0) is 5.41 Å². The van der Waals surface area contributed by atoms with Gasteiger partial charge >= 0.3 is 0 Å². The van der Waals surface area contributed by atoms with Crippen molar-refractivity contribution < 1.29 is 0 Å². The fourth-order valence-electron chi connectivity index (χ4n) is 11.8. The molecule has 2 aliphatic carbocycles. The van der Waals surface area contributed by atoms with Crippen LogP contribution in [0.5, 0.6) is 0 Å². The third-order valence-electron chi connectivity index (χ3n) is 14.6. The molecule has 0 aliphatic heterocycles. The van der Waals surface area contributed by atoms with E-state index in [1.165, 1.54) is 97.7 Å². The van der Waals surface area contributed by atoms with Gasteiger partial charge in [-0.3, -0.25) is 0 Å². The molecule has 0 N–H and O–H groups in total. The summed E-state index contributed by atoms with van der Waals surface area (Å²) in [4.78, 5) is 2.52. The molecule has 10 aromatic carbocycles. The maximum Gasteiger partial charge on any atom is 0.0679 e. The van der Waals surface area contributed by atoms with Gasteiger partial charge in [0.2, 0.25) is 0 Å². The van der Waals surface area contributed by atoms with Crippen LogP contribution < -0.4 is 4.90 Å². The van der Waals surface area contributed by atoms with Crippen LogP contribution >= 0.6 is 11.3 Å². The summed E-state index contributed by atoms with van der Waals surface area (Å²) >= 11 is 1.87. The normalized spacial score (nSPS) is 14.9. The number of fused-ring (bicyclic) bond motifs is 6. The molecule has 1 atom stereocenters. The van der Waals surface area contributed by atoms with Crippen molar-refractivity contribution in [2.45, 2.75) is 18.8 Å². The van der Waals surface area contributed by atoms with Gasteiger partial charge in [0.25, 0.3) is 0 Å². The predicted molar refractivity (Wildman–Crippen MR) is 290 cm³/mol. The van der Waals surface area contributed by atoms with Crippen molar-refractivity contribution in [1.82, 2.24) is 0 Å².